The predicted molar refractivity (Wildman–Crippen MR) is 105 cm³/mol. The Bertz CT molecular complexity index is 1050. The molecule has 1 aliphatic heterocycles. The van der Waals surface area contributed by atoms with E-state index in [-0.39, 0.29) is 28.0 Å². The molecule has 0 atom stereocenters. The Hall–Kier alpha value is -3.11. The maximum Gasteiger partial charge on any atom is 0.326 e. The summed E-state index contributed by atoms with van der Waals surface area (Å²) in [6.07, 6.45) is 1.37. The third-order valence-corrected chi connectivity index (χ3v) is 5.02. The second-order valence-electron chi connectivity index (χ2n) is 5.70. The lowest BCUT2D eigenvalue weighted by atomic mass is 10.1. The van der Waals surface area contributed by atoms with E-state index in [1.165, 1.54) is 24.3 Å². The fourth-order valence-electron chi connectivity index (χ4n) is 2.49. The van der Waals surface area contributed by atoms with Crippen LogP contribution in [0.2, 0.25) is 5.02 Å². The minimum Gasteiger partial charge on any atom is -0.465 e. The molecule has 2 amide bonds. The highest BCUT2D eigenvalue weighted by Gasteiger charge is 2.36. The van der Waals surface area contributed by atoms with E-state index in [1.54, 1.807) is 19.1 Å². The van der Waals surface area contributed by atoms with Crippen molar-refractivity contribution in [3.8, 4) is 11.3 Å². The topological polar surface area (TPSA) is 120 Å². The average molecular weight is 437 g/mol. The number of carbonyl (C=O) groups excluding carboxylic acids is 3. The standard InChI is InChI=1S/C18H13ClN2O7S/c1-2-27-16(22)9-20-17(23)15(29-18(20)24)8-11-4-6-14(28-11)12-5-3-10(21(25)26)7-13(12)19/h3-8H,2,9H2,1H3/b15-8-. The van der Waals surface area contributed by atoms with Gasteiger partial charge in [0, 0.05) is 23.8 Å². The van der Waals surface area contributed by atoms with Gasteiger partial charge in [0.25, 0.3) is 16.8 Å². The van der Waals surface area contributed by atoms with Gasteiger partial charge in [0.1, 0.15) is 18.1 Å². The van der Waals surface area contributed by atoms with Gasteiger partial charge in [-0.15, -0.1) is 0 Å². The summed E-state index contributed by atoms with van der Waals surface area (Å²) in [5, 5.41) is 10.4. The van der Waals surface area contributed by atoms with E-state index in [0.29, 0.717) is 23.1 Å². The summed E-state index contributed by atoms with van der Waals surface area (Å²) in [4.78, 5) is 47.1. The normalized spacial score (nSPS) is 15.2. The lowest BCUT2D eigenvalue weighted by Crippen LogP contribution is -2.34. The molecule has 150 valence electrons. The molecule has 2 aromatic rings. The summed E-state index contributed by atoms with van der Waals surface area (Å²) in [7, 11) is 0. The predicted octanol–water partition coefficient (Wildman–Crippen LogP) is 4.11. The number of esters is 1. The van der Waals surface area contributed by atoms with Crippen molar-refractivity contribution in [1.82, 2.24) is 4.90 Å². The minimum atomic E-state index is -0.677. The molecule has 0 unspecified atom stereocenters. The number of amides is 2. The van der Waals surface area contributed by atoms with Gasteiger partial charge in [-0.2, -0.15) is 0 Å². The number of hydrogen-bond acceptors (Lipinski definition) is 8. The third-order valence-electron chi connectivity index (χ3n) is 3.80. The number of nitro groups is 1. The zero-order chi connectivity index (χ0) is 21.1. The monoisotopic (exact) mass is 436 g/mol. The number of thioether (sulfide) groups is 1. The highest BCUT2D eigenvalue weighted by molar-refractivity contribution is 8.18. The van der Waals surface area contributed by atoms with Crippen molar-refractivity contribution in [2.24, 2.45) is 0 Å². The van der Waals surface area contributed by atoms with E-state index in [9.17, 15) is 24.5 Å². The summed E-state index contributed by atoms with van der Waals surface area (Å²) in [6.45, 7) is 1.31. The fraction of sp³-hybridized carbons (Fsp3) is 0.167. The molecule has 1 saturated heterocycles. The number of nitro benzene ring substituents is 1. The van der Waals surface area contributed by atoms with Gasteiger partial charge < -0.3 is 9.15 Å². The Morgan fingerprint density at radius 1 is 1.34 bits per heavy atom. The summed E-state index contributed by atoms with van der Waals surface area (Å²) in [5.74, 6) is -0.693. The second kappa shape index (κ2) is 8.50. The summed E-state index contributed by atoms with van der Waals surface area (Å²) in [6, 6.07) is 7.11. The first-order chi connectivity index (χ1) is 13.8. The molecule has 1 aliphatic rings. The molecule has 1 aromatic heterocycles. The molecule has 1 fully saturated rings. The van der Waals surface area contributed by atoms with Crippen molar-refractivity contribution in [1.29, 1.82) is 0 Å². The Morgan fingerprint density at radius 3 is 2.76 bits per heavy atom. The van der Waals surface area contributed by atoms with Crippen LogP contribution in [0.3, 0.4) is 0 Å². The molecule has 11 heteroatoms. The first-order valence-electron chi connectivity index (χ1n) is 8.25. The lowest BCUT2D eigenvalue weighted by Gasteiger charge is -2.10. The molecule has 0 saturated carbocycles. The van der Waals surface area contributed by atoms with Crippen LogP contribution >= 0.6 is 23.4 Å². The zero-order valence-corrected chi connectivity index (χ0v) is 16.5. The Kier molecular flexibility index (Phi) is 6.04. The van der Waals surface area contributed by atoms with E-state index >= 15 is 0 Å². The number of nitrogens with zero attached hydrogens (tertiary/aromatic N) is 2. The zero-order valence-electron chi connectivity index (χ0n) is 14.9. The minimum absolute atomic E-state index is 0.0926. The third kappa shape index (κ3) is 4.49. The van der Waals surface area contributed by atoms with Gasteiger partial charge in [0.05, 0.1) is 21.5 Å². The van der Waals surface area contributed by atoms with Crippen molar-refractivity contribution in [2.45, 2.75) is 6.92 Å². The van der Waals surface area contributed by atoms with Crippen molar-refractivity contribution >= 4 is 52.2 Å². The second-order valence-corrected chi connectivity index (χ2v) is 7.10. The van der Waals surface area contributed by atoms with Crippen molar-refractivity contribution < 1.29 is 28.5 Å². The SMILES string of the molecule is CCOC(=O)CN1C(=O)S/C(=C\c2ccc(-c3ccc([N+](=O)[O-])cc3Cl)o2)C1=O. The van der Waals surface area contributed by atoms with E-state index in [0.717, 1.165) is 4.90 Å². The lowest BCUT2D eigenvalue weighted by molar-refractivity contribution is -0.384. The summed E-state index contributed by atoms with van der Waals surface area (Å²) in [5.41, 5.74) is 0.285. The number of rotatable bonds is 6. The van der Waals surface area contributed by atoms with E-state index in [4.69, 9.17) is 20.8 Å². The van der Waals surface area contributed by atoms with Gasteiger partial charge >= 0.3 is 5.97 Å². The van der Waals surface area contributed by atoms with E-state index in [2.05, 4.69) is 0 Å². The number of benzene rings is 1. The smallest absolute Gasteiger partial charge is 0.326 e. The van der Waals surface area contributed by atoms with E-state index in [1.807, 2.05) is 0 Å². The number of halogens is 1. The Balaban J connectivity index is 1.80. The quantitative estimate of drug-likeness (QED) is 0.287. The van der Waals surface area contributed by atoms with Gasteiger partial charge in [-0.25, -0.2) is 0 Å². The van der Waals surface area contributed by atoms with Gasteiger partial charge in [-0.3, -0.25) is 29.4 Å². The highest BCUT2D eigenvalue weighted by Crippen LogP contribution is 2.35. The van der Waals surface area contributed by atoms with Crippen LogP contribution in [0.4, 0.5) is 10.5 Å². The van der Waals surface area contributed by atoms with Crippen LogP contribution in [-0.2, 0) is 14.3 Å². The molecular formula is C18H13ClN2O7S. The molecule has 9 nitrogen and oxygen atoms in total. The van der Waals surface area contributed by atoms with Crippen molar-refractivity contribution in [3.63, 3.8) is 0 Å². The van der Waals surface area contributed by atoms with Crippen molar-refractivity contribution in [3.05, 3.63) is 56.1 Å². The molecule has 2 heterocycles. The molecule has 0 N–H and O–H groups in total. The number of imide groups is 1. The molecule has 0 aliphatic carbocycles. The van der Waals surface area contributed by atoms with Crippen LogP contribution in [0.15, 0.2) is 39.7 Å². The molecular weight excluding hydrogens is 424 g/mol. The fourth-order valence-corrected chi connectivity index (χ4v) is 3.58. The number of ether oxygens (including phenoxy) is 1. The van der Waals surface area contributed by atoms with Crippen LogP contribution < -0.4 is 0 Å². The first-order valence-corrected chi connectivity index (χ1v) is 9.44. The van der Waals surface area contributed by atoms with Crippen LogP contribution in [0.5, 0.6) is 0 Å². The maximum atomic E-state index is 12.4. The summed E-state index contributed by atoms with van der Waals surface area (Å²) < 4.78 is 10.4. The van der Waals surface area contributed by atoms with Crippen LogP contribution in [0.1, 0.15) is 12.7 Å². The van der Waals surface area contributed by atoms with Crippen LogP contribution in [0.25, 0.3) is 17.4 Å². The molecule has 29 heavy (non-hydrogen) atoms. The van der Waals surface area contributed by atoms with Gasteiger partial charge in [-0.1, -0.05) is 11.6 Å². The molecule has 0 radical (unpaired) electrons. The largest absolute Gasteiger partial charge is 0.465 e. The van der Waals surface area contributed by atoms with E-state index < -0.39 is 28.6 Å². The Morgan fingerprint density at radius 2 is 2.10 bits per heavy atom. The molecule has 1 aromatic carbocycles. The van der Waals surface area contributed by atoms with Crippen LogP contribution in [-0.4, -0.2) is 40.1 Å². The average Bonchev–Trinajstić information content (AvgIpc) is 3.22. The molecule has 3 rings (SSSR count). The number of furan rings is 1. The van der Waals surface area contributed by atoms with Crippen molar-refractivity contribution in [2.75, 3.05) is 13.2 Å². The number of carbonyl (C=O) groups is 3. The first kappa shape index (κ1) is 20.6. The highest BCUT2D eigenvalue weighted by atomic mass is 35.5. The van der Waals surface area contributed by atoms with Gasteiger partial charge in [0.2, 0.25) is 0 Å². The molecule has 0 spiro atoms. The Labute approximate surface area is 173 Å². The maximum absolute atomic E-state index is 12.4. The number of non-ortho nitro benzene ring substituents is 1. The van der Waals surface area contributed by atoms with Crippen LogP contribution in [0, 0.1) is 10.1 Å². The summed E-state index contributed by atoms with van der Waals surface area (Å²) >= 11 is 6.77. The number of hydrogen-bond donors (Lipinski definition) is 0. The van der Waals surface area contributed by atoms with Gasteiger partial charge in [0.15, 0.2) is 0 Å². The molecule has 0 bridgehead atoms. The van der Waals surface area contributed by atoms with Gasteiger partial charge in [-0.05, 0) is 36.9 Å².